The van der Waals surface area contributed by atoms with Crippen LogP contribution >= 0.6 is 12.4 Å². The van der Waals surface area contributed by atoms with E-state index >= 15 is 0 Å². The van der Waals surface area contributed by atoms with Crippen LogP contribution in [0, 0.1) is 0 Å². The van der Waals surface area contributed by atoms with Gasteiger partial charge in [0.25, 0.3) is 5.91 Å². The van der Waals surface area contributed by atoms with Gasteiger partial charge in [-0.3, -0.25) is 4.79 Å². The maximum Gasteiger partial charge on any atom is 0.250 e. The summed E-state index contributed by atoms with van der Waals surface area (Å²) in [4.78, 5) is 11.5. The zero-order valence-corrected chi connectivity index (χ0v) is 9.52. The Balaban J connectivity index is 0.00000169. The molecular formula is C9H19ClN2O2. The molecule has 0 aromatic heterocycles. The quantitative estimate of drug-likeness (QED) is 0.723. The summed E-state index contributed by atoms with van der Waals surface area (Å²) in [6.45, 7) is 6.13. The lowest BCUT2D eigenvalue weighted by Gasteiger charge is -2.24. The van der Waals surface area contributed by atoms with Gasteiger partial charge in [0.05, 0.1) is 6.61 Å². The fourth-order valence-corrected chi connectivity index (χ4v) is 1.17. The molecule has 1 rings (SSSR count). The molecule has 1 fully saturated rings. The minimum Gasteiger partial charge on any atom is -0.366 e. The third-order valence-corrected chi connectivity index (χ3v) is 2.22. The van der Waals surface area contributed by atoms with Crippen LogP contribution in [0.3, 0.4) is 0 Å². The number of carbonyl (C=O) groups excluding carboxylic acids is 1. The van der Waals surface area contributed by atoms with Crippen molar-refractivity contribution in [1.29, 1.82) is 0 Å². The van der Waals surface area contributed by atoms with Crippen molar-refractivity contribution in [1.82, 2.24) is 10.6 Å². The third-order valence-electron chi connectivity index (χ3n) is 2.22. The van der Waals surface area contributed by atoms with E-state index < -0.39 is 0 Å². The van der Waals surface area contributed by atoms with E-state index in [0.717, 1.165) is 13.0 Å². The molecule has 2 atom stereocenters. The number of nitrogens with one attached hydrogen (secondary N) is 2. The van der Waals surface area contributed by atoms with Crippen LogP contribution in [0.5, 0.6) is 0 Å². The lowest BCUT2D eigenvalue weighted by Crippen LogP contribution is -2.49. The lowest BCUT2D eigenvalue weighted by molar-refractivity contribution is -0.134. The molecule has 0 aliphatic carbocycles. The van der Waals surface area contributed by atoms with E-state index in [9.17, 15) is 4.79 Å². The number of carbonyl (C=O) groups is 1. The number of ether oxygens (including phenoxy) is 1. The Morgan fingerprint density at radius 1 is 1.71 bits per heavy atom. The van der Waals surface area contributed by atoms with E-state index in [4.69, 9.17) is 4.74 Å². The summed E-state index contributed by atoms with van der Waals surface area (Å²) in [5.74, 6) is 0.00144. The molecule has 0 aromatic carbocycles. The Labute approximate surface area is 91.2 Å². The van der Waals surface area contributed by atoms with Crippen molar-refractivity contribution >= 4 is 18.3 Å². The highest BCUT2D eigenvalue weighted by Gasteiger charge is 2.22. The van der Waals surface area contributed by atoms with Crippen molar-refractivity contribution in [2.24, 2.45) is 0 Å². The van der Waals surface area contributed by atoms with E-state index in [1.165, 1.54) is 0 Å². The van der Waals surface area contributed by atoms with E-state index in [-0.39, 0.29) is 30.5 Å². The number of hydrogen-bond donors (Lipinski definition) is 2. The predicted octanol–water partition coefficient (Wildman–Crippen LogP) is 0.311. The van der Waals surface area contributed by atoms with E-state index in [2.05, 4.69) is 10.6 Å². The maximum atomic E-state index is 11.5. The Morgan fingerprint density at radius 3 is 2.93 bits per heavy atom. The first-order valence-electron chi connectivity index (χ1n) is 4.86. The van der Waals surface area contributed by atoms with E-state index in [1.807, 2.05) is 13.8 Å². The number of hydrogen-bond acceptors (Lipinski definition) is 3. The first-order chi connectivity index (χ1) is 6.24. The molecule has 0 spiro atoms. The van der Waals surface area contributed by atoms with Gasteiger partial charge in [-0.1, -0.05) is 6.92 Å². The highest BCUT2D eigenvalue weighted by atomic mass is 35.5. The van der Waals surface area contributed by atoms with Crippen LogP contribution in [0.2, 0.25) is 0 Å². The molecule has 0 aromatic rings. The molecule has 1 unspecified atom stereocenters. The molecule has 2 N–H and O–H groups in total. The van der Waals surface area contributed by atoms with Crippen molar-refractivity contribution < 1.29 is 9.53 Å². The van der Waals surface area contributed by atoms with Crippen LogP contribution in [0.15, 0.2) is 0 Å². The second kappa shape index (κ2) is 7.04. The summed E-state index contributed by atoms with van der Waals surface area (Å²) < 4.78 is 5.31. The second-order valence-corrected chi connectivity index (χ2v) is 3.38. The lowest BCUT2D eigenvalue weighted by atomic mass is 10.2. The van der Waals surface area contributed by atoms with Gasteiger partial charge in [0.15, 0.2) is 0 Å². The molecule has 14 heavy (non-hydrogen) atoms. The molecular weight excluding hydrogens is 204 g/mol. The van der Waals surface area contributed by atoms with Crippen molar-refractivity contribution in [2.75, 3.05) is 19.7 Å². The van der Waals surface area contributed by atoms with Gasteiger partial charge in [-0.15, -0.1) is 12.4 Å². The Bertz CT molecular complexity index is 172. The molecule has 1 heterocycles. The average Bonchev–Trinajstić information content (AvgIpc) is 2.19. The van der Waals surface area contributed by atoms with Crippen LogP contribution in [-0.2, 0) is 9.53 Å². The molecule has 4 nitrogen and oxygen atoms in total. The molecule has 1 aliphatic rings. The molecule has 1 amide bonds. The van der Waals surface area contributed by atoms with Gasteiger partial charge < -0.3 is 15.4 Å². The molecule has 1 saturated heterocycles. The molecule has 5 heteroatoms. The van der Waals surface area contributed by atoms with Crippen LogP contribution in [0.25, 0.3) is 0 Å². The Hall–Kier alpha value is -0.320. The number of rotatable bonds is 3. The largest absolute Gasteiger partial charge is 0.366 e. The summed E-state index contributed by atoms with van der Waals surface area (Å²) in [6.07, 6.45) is 0.647. The van der Waals surface area contributed by atoms with Crippen molar-refractivity contribution in [3.63, 3.8) is 0 Å². The maximum absolute atomic E-state index is 11.5. The van der Waals surface area contributed by atoms with Crippen molar-refractivity contribution in [3.05, 3.63) is 0 Å². The van der Waals surface area contributed by atoms with Crippen LogP contribution < -0.4 is 10.6 Å². The summed E-state index contributed by atoms with van der Waals surface area (Å²) in [6, 6.07) is 0.234. The summed E-state index contributed by atoms with van der Waals surface area (Å²) in [7, 11) is 0. The molecule has 0 bridgehead atoms. The fourth-order valence-electron chi connectivity index (χ4n) is 1.17. The van der Waals surface area contributed by atoms with E-state index in [1.54, 1.807) is 0 Å². The van der Waals surface area contributed by atoms with Gasteiger partial charge in [0.2, 0.25) is 0 Å². The average molecular weight is 223 g/mol. The first kappa shape index (κ1) is 13.7. The topological polar surface area (TPSA) is 50.4 Å². The SMILES string of the molecule is CCC(C)NC(=O)[C@H]1CNCCO1.Cl. The molecule has 1 aliphatic heterocycles. The van der Waals surface area contributed by atoms with Gasteiger partial charge in [-0.05, 0) is 13.3 Å². The second-order valence-electron chi connectivity index (χ2n) is 3.38. The smallest absolute Gasteiger partial charge is 0.250 e. The monoisotopic (exact) mass is 222 g/mol. The minimum atomic E-state index is -0.303. The predicted molar refractivity (Wildman–Crippen MR) is 57.8 cm³/mol. The normalized spacial score (nSPS) is 23.4. The molecule has 0 saturated carbocycles. The minimum absolute atomic E-state index is 0. The van der Waals surface area contributed by atoms with Crippen LogP contribution in [-0.4, -0.2) is 37.7 Å². The first-order valence-corrected chi connectivity index (χ1v) is 4.86. The summed E-state index contributed by atoms with van der Waals surface area (Å²) in [5, 5.41) is 6.02. The zero-order chi connectivity index (χ0) is 9.68. The van der Waals surface area contributed by atoms with Gasteiger partial charge >= 0.3 is 0 Å². The van der Waals surface area contributed by atoms with Gasteiger partial charge in [0, 0.05) is 19.1 Å². The molecule has 0 radical (unpaired) electrons. The number of halogens is 1. The zero-order valence-electron chi connectivity index (χ0n) is 8.71. The van der Waals surface area contributed by atoms with Gasteiger partial charge in [-0.2, -0.15) is 0 Å². The van der Waals surface area contributed by atoms with Crippen molar-refractivity contribution in [3.8, 4) is 0 Å². The van der Waals surface area contributed by atoms with Crippen LogP contribution in [0.4, 0.5) is 0 Å². The summed E-state index contributed by atoms with van der Waals surface area (Å²) in [5.41, 5.74) is 0. The highest BCUT2D eigenvalue weighted by molar-refractivity contribution is 5.85. The van der Waals surface area contributed by atoms with Crippen LogP contribution in [0.1, 0.15) is 20.3 Å². The fraction of sp³-hybridized carbons (Fsp3) is 0.889. The number of morpholine rings is 1. The third kappa shape index (κ3) is 4.26. The van der Waals surface area contributed by atoms with Crippen molar-refractivity contribution in [2.45, 2.75) is 32.4 Å². The highest BCUT2D eigenvalue weighted by Crippen LogP contribution is 1.97. The summed E-state index contributed by atoms with van der Waals surface area (Å²) >= 11 is 0. The Kier molecular flexibility index (Phi) is 6.87. The molecule has 84 valence electrons. The Morgan fingerprint density at radius 2 is 2.43 bits per heavy atom. The van der Waals surface area contributed by atoms with Gasteiger partial charge in [-0.25, -0.2) is 0 Å². The van der Waals surface area contributed by atoms with E-state index in [0.29, 0.717) is 13.2 Å². The number of amides is 1. The standard InChI is InChI=1S/C9H18N2O2.ClH/c1-3-7(2)11-9(12)8-6-10-4-5-13-8;/h7-8,10H,3-6H2,1-2H3,(H,11,12);1H/t7?,8-;/m1./s1. The van der Waals surface area contributed by atoms with Gasteiger partial charge in [0.1, 0.15) is 6.10 Å².